The van der Waals surface area contributed by atoms with Crippen LogP contribution in [0.3, 0.4) is 0 Å². The van der Waals surface area contributed by atoms with Gasteiger partial charge in [0.1, 0.15) is 12.6 Å². The van der Waals surface area contributed by atoms with E-state index in [9.17, 15) is 0 Å². The van der Waals surface area contributed by atoms with Crippen molar-refractivity contribution in [3.8, 4) is 0 Å². The fourth-order valence-corrected chi connectivity index (χ4v) is 1.37. The van der Waals surface area contributed by atoms with Gasteiger partial charge in [0, 0.05) is 13.2 Å². The molecule has 0 bridgehead atoms. The third kappa shape index (κ3) is 2.86. The molecule has 1 aromatic rings. The molecule has 1 atom stereocenters. The second-order valence-corrected chi connectivity index (χ2v) is 3.40. The lowest BCUT2D eigenvalue weighted by molar-refractivity contribution is -0.706. The third-order valence-corrected chi connectivity index (χ3v) is 2.47. The van der Waals surface area contributed by atoms with Gasteiger partial charge in [-0.2, -0.15) is 0 Å². The zero-order chi connectivity index (χ0) is 9.68. The summed E-state index contributed by atoms with van der Waals surface area (Å²) in [6.45, 7) is 3.31. The number of aromatic nitrogens is 1. The first-order valence-corrected chi connectivity index (χ1v) is 4.82. The number of aliphatic hydroxyl groups is 1. The summed E-state index contributed by atoms with van der Waals surface area (Å²) in [5, 5.41) is 11.2. The molecule has 1 aromatic heterocycles. The van der Waals surface area contributed by atoms with Crippen molar-refractivity contribution in [3.63, 3.8) is 0 Å². The van der Waals surface area contributed by atoms with Crippen LogP contribution < -0.4 is 5.32 Å². The van der Waals surface area contributed by atoms with Gasteiger partial charge in [0.05, 0.1) is 12.3 Å². The Bertz CT molecular complexity index is 241. The molecule has 0 radical (unpaired) electrons. The Morgan fingerprint density at radius 2 is 2.38 bits per heavy atom. The fraction of sp³-hybridized carbons (Fsp3) is 0.600. The van der Waals surface area contributed by atoms with E-state index >= 15 is 0 Å². The van der Waals surface area contributed by atoms with E-state index in [4.69, 9.17) is 5.11 Å². The van der Waals surface area contributed by atoms with Crippen molar-refractivity contribution in [2.24, 2.45) is 7.05 Å². The monoisotopic (exact) mass is 183 g/mol. The molecule has 0 unspecified atom stereocenters. The Balaban J connectivity index is 2.38. The Labute approximate surface area is 79.4 Å². The van der Waals surface area contributed by atoms with E-state index in [1.807, 2.05) is 19.3 Å². The topological polar surface area (TPSA) is 41.8 Å². The molecule has 0 saturated heterocycles. The van der Waals surface area contributed by atoms with Gasteiger partial charge in [0.2, 0.25) is 0 Å². The van der Waals surface area contributed by atoms with Crippen LogP contribution in [0.2, 0.25) is 0 Å². The summed E-state index contributed by atoms with van der Waals surface area (Å²) in [7, 11) is 2.04. The van der Waals surface area contributed by atoms with Gasteiger partial charge < -0.3 is 15.0 Å². The molecule has 1 heterocycles. The van der Waals surface area contributed by atoms with Crippen LogP contribution in [-0.2, 0) is 13.6 Å². The van der Waals surface area contributed by atoms with Gasteiger partial charge in [0.25, 0.3) is 0 Å². The minimum absolute atomic E-state index is 0.265. The van der Waals surface area contributed by atoms with Crippen molar-refractivity contribution in [1.29, 1.82) is 0 Å². The second kappa shape index (κ2) is 5.04. The molecular weight excluding hydrogens is 164 g/mol. The first kappa shape index (κ1) is 10.3. The van der Waals surface area contributed by atoms with E-state index in [0.717, 1.165) is 13.0 Å². The van der Waals surface area contributed by atoms with Gasteiger partial charge >= 0.3 is 0 Å². The molecule has 0 fully saturated rings. The van der Waals surface area contributed by atoms with Crippen LogP contribution in [-0.4, -0.2) is 22.3 Å². The fourth-order valence-electron chi connectivity index (χ4n) is 1.37. The van der Waals surface area contributed by atoms with Crippen LogP contribution >= 0.6 is 0 Å². The number of quaternary nitrogens is 1. The lowest BCUT2D eigenvalue weighted by Crippen LogP contribution is -2.89. The smallest absolute Gasteiger partial charge is 0.117 e. The zero-order valence-electron chi connectivity index (χ0n) is 8.40. The van der Waals surface area contributed by atoms with Crippen LogP contribution in [0.15, 0.2) is 18.3 Å². The summed E-state index contributed by atoms with van der Waals surface area (Å²) in [6.07, 6.45) is 3.06. The van der Waals surface area contributed by atoms with Gasteiger partial charge in [-0.1, -0.05) is 6.92 Å². The van der Waals surface area contributed by atoms with Crippen LogP contribution in [0.5, 0.6) is 0 Å². The van der Waals surface area contributed by atoms with Crippen molar-refractivity contribution >= 4 is 0 Å². The molecule has 1 rings (SSSR count). The van der Waals surface area contributed by atoms with Crippen molar-refractivity contribution in [2.75, 3.05) is 6.61 Å². The molecule has 74 valence electrons. The highest BCUT2D eigenvalue weighted by atomic mass is 16.3. The summed E-state index contributed by atoms with van der Waals surface area (Å²) in [4.78, 5) is 0. The normalized spacial score (nSPS) is 13.2. The zero-order valence-corrected chi connectivity index (χ0v) is 8.40. The predicted molar refractivity (Wildman–Crippen MR) is 52.2 cm³/mol. The minimum atomic E-state index is 0.265. The van der Waals surface area contributed by atoms with Gasteiger partial charge in [-0.25, -0.2) is 0 Å². The van der Waals surface area contributed by atoms with Crippen molar-refractivity contribution in [1.82, 2.24) is 4.57 Å². The van der Waals surface area contributed by atoms with Crippen LogP contribution in [0.25, 0.3) is 0 Å². The first-order chi connectivity index (χ1) is 6.27. The average Bonchev–Trinajstić information content (AvgIpc) is 2.54. The van der Waals surface area contributed by atoms with Gasteiger partial charge in [-0.05, 0) is 18.6 Å². The van der Waals surface area contributed by atoms with E-state index in [1.165, 1.54) is 5.69 Å². The first-order valence-electron chi connectivity index (χ1n) is 4.82. The predicted octanol–water partition coefficient (Wildman–Crippen LogP) is -0.141. The van der Waals surface area contributed by atoms with Crippen molar-refractivity contribution < 1.29 is 10.4 Å². The van der Waals surface area contributed by atoms with Crippen LogP contribution in [0, 0.1) is 0 Å². The molecule has 0 aliphatic heterocycles. The molecular formula is C10H19N2O+. The maximum absolute atomic E-state index is 8.99. The second-order valence-electron chi connectivity index (χ2n) is 3.40. The quantitative estimate of drug-likeness (QED) is 0.655. The van der Waals surface area contributed by atoms with Gasteiger partial charge in [-0.15, -0.1) is 0 Å². The highest BCUT2D eigenvalue weighted by Crippen LogP contribution is 1.96. The molecule has 0 saturated carbocycles. The highest BCUT2D eigenvalue weighted by Gasteiger charge is 2.07. The lowest BCUT2D eigenvalue weighted by Gasteiger charge is -2.10. The molecule has 0 spiro atoms. The third-order valence-electron chi connectivity index (χ3n) is 2.47. The number of rotatable bonds is 5. The average molecular weight is 183 g/mol. The van der Waals surface area contributed by atoms with Gasteiger partial charge in [-0.3, -0.25) is 0 Å². The van der Waals surface area contributed by atoms with Crippen molar-refractivity contribution in [3.05, 3.63) is 24.0 Å². The number of nitrogens with two attached hydrogens (primary N) is 1. The van der Waals surface area contributed by atoms with E-state index in [-0.39, 0.29) is 6.61 Å². The van der Waals surface area contributed by atoms with E-state index < -0.39 is 0 Å². The Kier molecular flexibility index (Phi) is 3.99. The maximum atomic E-state index is 8.99. The van der Waals surface area contributed by atoms with E-state index in [2.05, 4.69) is 22.9 Å². The van der Waals surface area contributed by atoms with E-state index in [1.54, 1.807) is 0 Å². The largest absolute Gasteiger partial charge is 0.390 e. The standard InChI is InChI=1S/C10H18N2O/c1-3-9(8-13)11-7-10-5-4-6-12(10)2/h4-6,9,11,13H,3,7-8H2,1-2H3/p+1/t9-/m1/s1. The molecule has 0 aliphatic carbocycles. The molecule has 13 heavy (non-hydrogen) atoms. The van der Waals surface area contributed by atoms with Crippen LogP contribution in [0.1, 0.15) is 19.0 Å². The molecule has 0 aromatic carbocycles. The minimum Gasteiger partial charge on any atom is -0.390 e. The lowest BCUT2D eigenvalue weighted by atomic mass is 10.2. The SMILES string of the molecule is CC[C@H](CO)[NH2+]Cc1cccn1C. The molecule has 3 heteroatoms. The summed E-state index contributed by atoms with van der Waals surface area (Å²) in [5.41, 5.74) is 1.30. The maximum Gasteiger partial charge on any atom is 0.117 e. The Morgan fingerprint density at radius 1 is 1.62 bits per heavy atom. The van der Waals surface area contributed by atoms with Crippen LogP contribution in [0.4, 0.5) is 0 Å². The van der Waals surface area contributed by atoms with Crippen molar-refractivity contribution in [2.45, 2.75) is 25.9 Å². The highest BCUT2D eigenvalue weighted by molar-refractivity contribution is 5.04. The molecule has 0 aliphatic rings. The number of nitrogens with zero attached hydrogens (tertiary/aromatic N) is 1. The molecule has 0 amide bonds. The summed E-state index contributed by atoms with van der Waals surface area (Å²) >= 11 is 0. The molecule has 3 nitrogen and oxygen atoms in total. The Hall–Kier alpha value is -0.800. The number of hydrogen-bond acceptors (Lipinski definition) is 1. The Morgan fingerprint density at radius 3 is 2.85 bits per heavy atom. The summed E-state index contributed by atoms with van der Waals surface area (Å²) in [6, 6.07) is 4.50. The number of aliphatic hydroxyl groups excluding tert-OH is 1. The summed E-state index contributed by atoms with van der Waals surface area (Å²) in [5.74, 6) is 0. The molecule has 3 N–H and O–H groups in total. The summed E-state index contributed by atoms with van der Waals surface area (Å²) < 4.78 is 2.11. The van der Waals surface area contributed by atoms with E-state index in [0.29, 0.717) is 6.04 Å². The number of hydrogen-bond donors (Lipinski definition) is 2. The van der Waals surface area contributed by atoms with Gasteiger partial charge in [0.15, 0.2) is 0 Å². The number of aryl methyl sites for hydroxylation is 1.